The minimum Gasteiger partial charge on any atom is -0.396 e. The van der Waals surface area contributed by atoms with E-state index in [1.807, 2.05) is 0 Å². The van der Waals surface area contributed by atoms with Crippen molar-refractivity contribution in [1.82, 2.24) is 0 Å². The molecule has 0 saturated heterocycles. The molecule has 1 aromatic rings. The van der Waals surface area contributed by atoms with Crippen LogP contribution < -0.4 is 0 Å². The zero-order valence-corrected chi connectivity index (χ0v) is 8.89. The average Bonchev–Trinajstić information content (AvgIpc) is 2.09. The molecule has 0 spiro atoms. The number of hydrogen-bond acceptors (Lipinski definition) is 1. The van der Waals surface area contributed by atoms with Crippen molar-refractivity contribution in [3.05, 3.63) is 39.9 Å². The van der Waals surface area contributed by atoms with Gasteiger partial charge in [-0.05, 0) is 28.4 Å². The summed E-state index contributed by atoms with van der Waals surface area (Å²) in [5, 5.41) is 8.51. The molecule has 0 saturated carbocycles. The zero-order chi connectivity index (χ0) is 10.6. The van der Waals surface area contributed by atoms with Crippen LogP contribution >= 0.6 is 15.9 Å². The molecule has 0 bridgehead atoms. The van der Waals surface area contributed by atoms with Crippen LogP contribution in [-0.2, 0) is 0 Å². The van der Waals surface area contributed by atoms with Crippen molar-refractivity contribution < 1.29 is 13.9 Å². The molecule has 0 aliphatic rings. The second kappa shape index (κ2) is 5.22. The monoisotopic (exact) mass is 262 g/mol. The molecule has 0 aromatic heterocycles. The van der Waals surface area contributed by atoms with Crippen molar-refractivity contribution in [1.29, 1.82) is 0 Å². The van der Waals surface area contributed by atoms with Gasteiger partial charge in [0, 0.05) is 22.7 Å². The van der Waals surface area contributed by atoms with Crippen LogP contribution in [0, 0.1) is 11.6 Å². The van der Waals surface area contributed by atoms with Crippen LogP contribution in [0.3, 0.4) is 0 Å². The Morgan fingerprint density at radius 2 is 2.07 bits per heavy atom. The molecule has 0 radical (unpaired) electrons. The smallest absolute Gasteiger partial charge is 0.134 e. The van der Waals surface area contributed by atoms with E-state index in [0.717, 1.165) is 6.07 Å². The Morgan fingerprint density at radius 3 is 2.64 bits per heavy atom. The summed E-state index contributed by atoms with van der Waals surface area (Å²) in [5.74, 6) is -1.24. The van der Waals surface area contributed by atoms with E-state index in [4.69, 9.17) is 5.11 Å². The summed E-state index contributed by atoms with van der Waals surface area (Å²) < 4.78 is 26.2. The normalized spacial score (nSPS) is 11.1. The minimum atomic E-state index is -0.619. The standard InChI is InChI=1S/C10H9BrF2O/c11-9-5-7(12)6-10(13)8(9)3-1-2-4-14/h1,3,5-6,14H,2,4H2. The van der Waals surface area contributed by atoms with Gasteiger partial charge in [0.2, 0.25) is 0 Å². The third-order valence-corrected chi connectivity index (χ3v) is 2.28. The van der Waals surface area contributed by atoms with Crippen molar-refractivity contribution in [2.45, 2.75) is 6.42 Å². The molecule has 0 aliphatic heterocycles. The first-order valence-electron chi connectivity index (χ1n) is 4.07. The Labute approximate surface area is 89.2 Å². The summed E-state index contributed by atoms with van der Waals surface area (Å²) in [5.41, 5.74) is 0.292. The Kier molecular flexibility index (Phi) is 4.22. The number of aliphatic hydroxyl groups excluding tert-OH is 1. The minimum absolute atomic E-state index is 0.0108. The van der Waals surface area contributed by atoms with Gasteiger partial charge >= 0.3 is 0 Å². The number of aliphatic hydroxyl groups is 1. The van der Waals surface area contributed by atoms with E-state index in [9.17, 15) is 8.78 Å². The molecule has 4 heteroatoms. The van der Waals surface area contributed by atoms with E-state index >= 15 is 0 Å². The van der Waals surface area contributed by atoms with Crippen molar-refractivity contribution in [2.75, 3.05) is 6.61 Å². The summed E-state index contributed by atoms with van der Waals surface area (Å²) in [6.07, 6.45) is 3.58. The van der Waals surface area contributed by atoms with Crippen molar-refractivity contribution in [3.8, 4) is 0 Å². The number of rotatable bonds is 3. The van der Waals surface area contributed by atoms with Gasteiger partial charge in [0.05, 0.1) is 0 Å². The first kappa shape index (κ1) is 11.3. The van der Waals surface area contributed by atoms with E-state index in [1.54, 1.807) is 6.08 Å². The molecule has 1 aromatic carbocycles. The molecule has 1 N–H and O–H groups in total. The lowest BCUT2D eigenvalue weighted by molar-refractivity contribution is 0.303. The van der Waals surface area contributed by atoms with Crippen molar-refractivity contribution in [2.24, 2.45) is 0 Å². The van der Waals surface area contributed by atoms with Gasteiger partial charge in [-0.3, -0.25) is 0 Å². The molecule has 0 unspecified atom stereocenters. The highest BCUT2D eigenvalue weighted by molar-refractivity contribution is 9.10. The zero-order valence-electron chi connectivity index (χ0n) is 7.30. The fourth-order valence-electron chi connectivity index (χ4n) is 0.988. The van der Waals surface area contributed by atoms with Crippen LogP contribution in [0.25, 0.3) is 6.08 Å². The Bertz CT molecular complexity index is 327. The third-order valence-electron chi connectivity index (χ3n) is 1.62. The average molecular weight is 263 g/mol. The summed E-state index contributed by atoms with van der Waals surface area (Å²) in [4.78, 5) is 0. The maximum Gasteiger partial charge on any atom is 0.134 e. The number of halogens is 3. The van der Waals surface area contributed by atoms with E-state index in [2.05, 4.69) is 15.9 Å². The molecule has 0 atom stereocenters. The fraction of sp³-hybridized carbons (Fsp3) is 0.200. The summed E-state index contributed by atoms with van der Waals surface area (Å²) in [6, 6.07) is 2.02. The predicted octanol–water partition coefficient (Wildman–Crippen LogP) is 3.12. The summed E-state index contributed by atoms with van der Waals surface area (Å²) in [7, 11) is 0. The highest BCUT2D eigenvalue weighted by Gasteiger charge is 2.05. The van der Waals surface area contributed by atoms with Crippen LogP contribution in [0.15, 0.2) is 22.7 Å². The van der Waals surface area contributed by atoms with Gasteiger partial charge in [0.1, 0.15) is 11.6 Å². The van der Waals surface area contributed by atoms with Crippen molar-refractivity contribution in [3.63, 3.8) is 0 Å². The van der Waals surface area contributed by atoms with Crippen LogP contribution in [-0.4, -0.2) is 11.7 Å². The van der Waals surface area contributed by atoms with Gasteiger partial charge in [0.25, 0.3) is 0 Å². The maximum absolute atomic E-state index is 13.2. The molecule has 14 heavy (non-hydrogen) atoms. The van der Waals surface area contributed by atoms with Crippen LogP contribution in [0.1, 0.15) is 12.0 Å². The molecule has 0 amide bonds. The van der Waals surface area contributed by atoms with Gasteiger partial charge in [0.15, 0.2) is 0 Å². The van der Waals surface area contributed by atoms with Gasteiger partial charge < -0.3 is 5.11 Å². The first-order valence-corrected chi connectivity index (χ1v) is 4.86. The lowest BCUT2D eigenvalue weighted by Gasteiger charge is -2.00. The van der Waals surface area contributed by atoms with Crippen molar-refractivity contribution >= 4 is 22.0 Å². The molecule has 1 rings (SSSR count). The van der Waals surface area contributed by atoms with Gasteiger partial charge in [-0.2, -0.15) is 0 Å². The van der Waals surface area contributed by atoms with Gasteiger partial charge in [-0.15, -0.1) is 0 Å². The molecular weight excluding hydrogens is 254 g/mol. The second-order valence-corrected chi connectivity index (χ2v) is 3.55. The predicted molar refractivity (Wildman–Crippen MR) is 54.8 cm³/mol. The lowest BCUT2D eigenvalue weighted by atomic mass is 10.2. The topological polar surface area (TPSA) is 20.2 Å². The van der Waals surface area contributed by atoms with E-state index in [1.165, 1.54) is 12.1 Å². The van der Waals surface area contributed by atoms with E-state index in [-0.39, 0.29) is 6.61 Å². The Morgan fingerprint density at radius 1 is 1.36 bits per heavy atom. The molecule has 0 heterocycles. The van der Waals surface area contributed by atoms with E-state index in [0.29, 0.717) is 16.5 Å². The largest absolute Gasteiger partial charge is 0.396 e. The second-order valence-electron chi connectivity index (χ2n) is 2.70. The molecular formula is C10H9BrF2O. The molecule has 76 valence electrons. The lowest BCUT2D eigenvalue weighted by Crippen LogP contribution is -1.87. The number of hydrogen-bond donors (Lipinski definition) is 1. The highest BCUT2D eigenvalue weighted by Crippen LogP contribution is 2.22. The first-order chi connectivity index (χ1) is 6.65. The molecule has 0 fully saturated rings. The summed E-state index contributed by atoms with van der Waals surface area (Å²) >= 11 is 3.06. The van der Waals surface area contributed by atoms with Crippen LogP contribution in [0.2, 0.25) is 0 Å². The third kappa shape index (κ3) is 2.89. The summed E-state index contributed by atoms with van der Waals surface area (Å²) in [6.45, 7) is 0.0108. The Balaban J connectivity index is 2.96. The van der Waals surface area contributed by atoms with Gasteiger partial charge in [-0.1, -0.05) is 12.2 Å². The maximum atomic E-state index is 13.2. The Hall–Kier alpha value is -0.740. The van der Waals surface area contributed by atoms with Gasteiger partial charge in [-0.25, -0.2) is 8.78 Å². The molecule has 1 nitrogen and oxygen atoms in total. The van der Waals surface area contributed by atoms with E-state index < -0.39 is 11.6 Å². The van der Waals surface area contributed by atoms with Crippen LogP contribution in [0.4, 0.5) is 8.78 Å². The highest BCUT2D eigenvalue weighted by atomic mass is 79.9. The SMILES string of the molecule is OCCC=Cc1c(F)cc(F)cc1Br. The van der Waals surface area contributed by atoms with Crippen LogP contribution in [0.5, 0.6) is 0 Å². The quantitative estimate of drug-likeness (QED) is 0.888. The fourth-order valence-corrected chi connectivity index (χ4v) is 1.53. The molecule has 0 aliphatic carbocycles. The number of benzene rings is 1.